The van der Waals surface area contributed by atoms with Gasteiger partial charge < -0.3 is 14.8 Å². The molecule has 0 bridgehead atoms. The normalized spacial score (nSPS) is 10.0. The Kier molecular flexibility index (Phi) is 4.82. The maximum Gasteiger partial charge on any atom is 0.169 e. The molecule has 0 unspecified atom stereocenters. The summed E-state index contributed by atoms with van der Waals surface area (Å²) in [6, 6.07) is 13.2. The van der Waals surface area contributed by atoms with Crippen LogP contribution in [0.15, 0.2) is 42.5 Å². The molecule has 0 atom stereocenters. The highest BCUT2D eigenvalue weighted by Gasteiger charge is 2.16. The van der Waals surface area contributed by atoms with Crippen LogP contribution in [0.4, 0.5) is 5.69 Å². The van der Waals surface area contributed by atoms with E-state index in [0.29, 0.717) is 23.5 Å². The summed E-state index contributed by atoms with van der Waals surface area (Å²) in [6.07, 6.45) is 0.352. The fraction of sp³-hybridized carbons (Fsp3) is 0.235. The molecule has 0 heterocycles. The molecule has 0 spiro atoms. The van der Waals surface area contributed by atoms with Crippen LogP contribution < -0.4 is 14.8 Å². The first-order valence-electron chi connectivity index (χ1n) is 6.70. The third-order valence-electron chi connectivity index (χ3n) is 3.30. The van der Waals surface area contributed by atoms with Crippen molar-refractivity contribution in [2.45, 2.75) is 6.42 Å². The Bertz CT molecular complexity index is 623. The first-order valence-corrected chi connectivity index (χ1v) is 6.70. The van der Waals surface area contributed by atoms with E-state index in [1.807, 2.05) is 30.3 Å². The van der Waals surface area contributed by atoms with E-state index < -0.39 is 0 Å². The molecule has 0 saturated carbocycles. The molecule has 0 radical (unpaired) electrons. The molecule has 0 aliphatic rings. The minimum absolute atomic E-state index is 0.0338. The molecule has 0 fully saturated rings. The number of Topliss-reactive ketones (excluding diaryl/α,β-unsaturated/α-hetero) is 1. The lowest BCUT2D eigenvalue weighted by Gasteiger charge is -2.14. The number of hydrogen-bond acceptors (Lipinski definition) is 4. The van der Waals surface area contributed by atoms with Gasteiger partial charge in [-0.1, -0.05) is 30.3 Å². The summed E-state index contributed by atoms with van der Waals surface area (Å²) in [4.78, 5) is 12.5. The van der Waals surface area contributed by atoms with E-state index in [9.17, 15) is 4.79 Å². The van der Waals surface area contributed by atoms with Gasteiger partial charge in [0.1, 0.15) is 0 Å². The molecule has 0 saturated heterocycles. The second-order valence-corrected chi connectivity index (χ2v) is 4.59. The second kappa shape index (κ2) is 6.79. The van der Waals surface area contributed by atoms with Gasteiger partial charge in [-0.2, -0.15) is 0 Å². The van der Waals surface area contributed by atoms with Crippen molar-refractivity contribution in [3.63, 3.8) is 0 Å². The zero-order valence-corrected chi connectivity index (χ0v) is 12.5. The molecule has 2 aromatic carbocycles. The Hall–Kier alpha value is -2.49. The van der Waals surface area contributed by atoms with Crippen molar-refractivity contribution in [1.82, 2.24) is 0 Å². The van der Waals surface area contributed by atoms with Crippen molar-refractivity contribution in [1.29, 1.82) is 0 Å². The zero-order chi connectivity index (χ0) is 15.2. The molecule has 21 heavy (non-hydrogen) atoms. The summed E-state index contributed by atoms with van der Waals surface area (Å²) in [6.45, 7) is 0. The van der Waals surface area contributed by atoms with Crippen molar-refractivity contribution in [2.75, 3.05) is 26.6 Å². The Balaban J connectivity index is 2.35. The molecule has 0 aliphatic heterocycles. The van der Waals surface area contributed by atoms with Gasteiger partial charge in [-0.3, -0.25) is 4.79 Å². The number of rotatable bonds is 6. The average molecular weight is 285 g/mol. The van der Waals surface area contributed by atoms with Crippen molar-refractivity contribution in [3.05, 3.63) is 53.6 Å². The summed E-state index contributed by atoms with van der Waals surface area (Å²) < 4.78 is 10.5. The van der Waals surface area contributed by atoms with E-state index >= 15 is 0 Å². The Morgan fingerprint density at radius 2 is 1.67 bits per heavy atom. The van der Waals surface area contributed by atoms with Crippen molar-refractivity contribution < 1.29 is 14.3 Å². The maximum atomic E-state index is 12.5. The van der Waals surface area contributed by atoms with E-state index in [4.69, 9.17) is 9.47 Å². The Labute approximate surface area is 124 Å². The molecular weight excluding hydrogens is 266 g/mol. The first kappa shape index (κ1) is 14.9. The standard InChI is InChI=1S/C17H19NO3/c1-18-14-11-17(21-3)16(20-2)10-13(14)15(19)9-12-7-5-4-6-8-12/h4-8,10-11,18H,9H2,1-3H3. The van der Waals surface area contributed by atoms with Gasteiger partial charge in [0.25, 0.3) is 0 Å². The van der Waals surface area contributed by atoms with E-state index in [2.05, 4.69) is 5.32 Å². The van der Waals surface area contributed by atoms with Crippen molar-refractivity contribution in [2.24, 2.45) is 0 Å². The predicted octanol–water partition coefficient (Wildman–Crippen LogP) is 3.17. The summed E-state index contributed by atoms with van der Waals surface area (Å²) in [5.74, 6) is 1.18. The fourth-order valence-electron chi connectivity index (χ4n) is 2.19. The van der Waals surface area contributed by atoms with Gasteiger partial charge in [0, 0.05) is 30.8 Å². The number of hydrogen-bond donors (Lipinski definition) is 1. The van der Waals surface area contributed by atoms with E-state index in [1.54, 1.807) is 33.4 Å². The minimum atomic E-state index is 0.0338. The molecule has 0 aliphatic carbocycles. The zero-order valence-electron chi connectivity index (χ0n) is 12.5. The molecule has 2 aromatic rings. The summed E-state index contributed by atoms with van der Waals surface area (Å²) in [5.41, 5.74) is 2.31. The Morgan fingerprint density at radius 1 is 1.05 bits per heavy atom. The molecule has 2 rings (SSSR count). The number of anilines is 1. The van der Waals surface area contributed by atoms with Crippen LogP contribution in [0.2, 0.25) is 0 Å². The van der Waals surface area contributed by atoms with Crippen LogP contribution >= 0.6 is 0 Å². The maximum absolute atomic E-state index is 12.5. The molecule has 0 amide bonds. The fourth-order valence-corrected chi connectivity index (χ4v) is 2.19. The number of methoxy groups -OCH3 is 2. The summed E-state index contributed by atoms with van der Waals surface area (Å²) >= 11 is 0. The molecule has 1 N–H and O–H groups in total. The third-order valence-corrected chi connectivity index (χ3v) is 3.30. The number of ether oxygens (including phenoxy) is 2. The second-order valence-electron chi connectivity index (χ2n) is 4.59. The van der Waals surface area contributed by atoms with E-state index in [1.165, 1.54) is 0 Å². The van der Waals surface area contributed by atoms with Gasteiger partial charge in [-0.15, -0.1) is 0 Å². The van der Waals surface area contributed by atoms with Crippen LogP contribution in [0.5, 0.6) is 11.5 Å². The lowest BCUT2D eigenvalue weighted by atomic mass is 10.0. The summed E-state index contributed by atoms with van der Waals surface area (Å²) in [5, 5.41) is 3.03. The number of ketones is 1. The van der Waals surface area contributed by atoms with Crippen LogP contribution in [0, 0.1) is 0 Å². The first-order chi connectivity index (χ1) is 10.2. The van der Waals surface area contributed by atoms with E-state index in [-0.39, 0.29) is 5.78 Å². The van der Waals surface area contributed by atoms with Gasteiger partial charge in [0.15, 0.2) is 17.3 Å². The largest absolute Gasteiger partial charge is 0.493 e. The summed E-state index contributed by atoms with van der Waals surface area (Å²) in [7, 11) is 4.91. The molecule has 4 nitrogen and oxygen atoms in total. The lowest BCUT2D eigenvalue weighted by Crippen LogP contribution is -2.08. The van der Waals surface area contributed by atoms with Gasteiger partial charge in [0.2, 0.25) is 0 Å². The van der Waals surface area contributed by atoms with Crippen LogP contribution in [-0.2, 0) is 6.42 Å². The van der Waals surface area contributed by atoms with E-state index in [0.717, 1.165) is 11.3 Å². The number of nitrogens with one attached hydrogen (secondary N) is 1. The Morgan fingerprint density at radius 3 is 2.24 bits per heavy atom. The van der Waals surface area contributed by atoms with Gasteiger partial charge in [-0.25, -0.2) is 0 Å². The number of benzene rings is 2. The SMILES string of the molecule is CNc1cc(OC)c(OC)cc1C(=O)Cc1ccccc1. The highest BCUT2D eigenvalue weighted by atomic mass is 16.5. The van der Waals surface area contributed by atoms with Gasteiger partial charge in [0.05, 0.1) is 14.2 Å². The van der Waals surface area contributed by atoms with Crippen LogP contribution in [-0.4, -0.2) is 27.1 Å². The predicted molar refractivity (Wildman–Crippen MR) is 83.6 cm³/mol. The van der Waals surface area contributed by atoms with Crippen LogP contribution in [0.1, 0.15) is 15.9 Å². The highest BCUT2D eigenvalue weighted by molar-refractivity contribution is 6.03. The van der Waals surface area contributed by atoms with Crippen molar-refractivity contribution in [3.8, 4) is 11.5 Å². The molecule has 110 valence electrons. The molecule has 4 heteroatoms. The number of carbonyl (C=O) groups excluding carboxylic acids is 1. The quantitative estimate of drug-likeness (QED) is 0.828. The third kappa shape index (κ3) is 3.34. The molecular formula is C17H19NO3. The van der Waals surface area contributed by atoms with Gasteiger partial charge >= 0.3 is 0 Å². The van der Waals surface area contributed by atoms with Crippen LogP contribution in [0.25, 0.3) is 0 Å². The minimum Gasteiger partial charge on any atom is -0.493 e. The highest BCUT2D eigenvalue weighted by Crippen LogP contribution is 2.33. The lowest BCUT2D eigenvalue weighted by molar-refractivity contribution is 0.0993. The monoisotopic (exact) mass is 285 g/mol. The topological polar surface area (TPSA) is 47.6 Å². The average Bonchev–Trinajstić information content (AvgIpc) is 2.54. The smallest absolute Gasteiger partial charge is 0.169 e. The van der Waals surface area contributed by atoms with Gasteiger partial charge in [-0.05, 0) is 11.6 Å². The number of carbonyl (C=O) groups is 1. The van der Waals surface area contributed by atoms with Crippen LogP contribution in [0.3, 0.4) is 0 Å². The van der Waals surface area contributed by atoms with Crippen molar-refractivity contribution >= 4 is 11.5 Å². The molecule has 0 aromatic heterocycles.